The fraction of sp³-hybridized carbons (Fsp3) is 0.435. The number of amides is 1. The van der Waals surface area contributed by atoms with E-state index < -0.39 is 30.3 Å². The molecule has 0 aliphatic rings. The van der Waals surface area contributed by atoms with Crippen LogP contribution >= 0.6 is 0 Å². The molecule has 0 fully saturated rings. The second kappa shape index (κ2) is 10.2. The molecule has 2 aromatic rings. The molecular weight excluding hydrogens is 387 g/mol. The maximum atomic E-state index is 13.8. The van der Waals surface area contributed by atoms with Crippen molar-refractivity contribution in [3.63, 3.8) is 0 Å². The minimum Gasteiger partial charge on any atom is -0.456 e. The number of benzene rings is 1. The Labute approximate surface area is 176 Å². The molecule has 1 aromatic heterocycles. The van der Waals surface area contributed by atoms with Gasteiger partial charge in [-0.25, -0.2) is 9.18 Å². The van der Waals surface area contributed by atoms with Crippen molar-refractivity contribution in [2.45, 2.75) is 53.6 Å². The van der Waals surface area contributed by atoms with Crippen LogP contribution in [-0.2, 0) is 16.1 Å². The fourth-order valence-electron chi connectivity index (χ4n) is 3.32. The minimum atomic E-state index is -1.00. The van der Waals surface area contributed by atoms with Crippen LogP contribution in [0.1, 0.15) is 59.3 Å². The SMILES string of the molecule is CCCn1c(C)cc(C(=O)COC(=O)[C@@H](NC(=O)c2ccccc2F)C(C)C)c1C. The molecule has 0 spiro atoms. The van der Waals surface area contributed by atoms with Gasteiger partial charge in [-0.15, -0.1) is 0 Å². The van der Waals surface area contributed by atoms with Gasteiger partial charge in [-0.2, -0.15) is 0 Å². The number of carbonyl (C=O) groups is 3. The van der Waals surface area contributed by atoms with Gasteiger partial charge in [0.2, 0.25) is 5.78 Å². The lowest BCUT2D eigenvalue weighted by Crippen LogP contribution is -2.46. The third kappa shape index (κ3) is 5.34. The third-order valence-electron chi connectivity index (χ3n) is 4.99. The highest BCUT2D eigenvalue weighted by Gasteiger charge is 2.28. The van der Waals surface area contributed by atoms with Crippen LogP contribution in [0.3, 0.4) is 0 Å². The zero-order chi connectivity index (χ0) is 22.4. The molecule has 0 bridgehead atoms. The Kier molecular flexibility index (Phi) is 7.92. The summed E-state index contributed by atoms with van der Waals surface area (Å²) >= 11 is 0. The van der Waals surface area contributed by atoms with Crippen molar-refractivity contribution in [3.8, 4) is 0 Å². The number of ether oxygens (including phenoxy) is 1. The fourth-order valence-corrected chi connectivity index (χ4v) is 3.32. The van der Waals surface area contributed by atoms with Gasteiger partial charge in [-0.05, 0) is 44.4 Å². The van der Waals surface area contributed by atoms with E-state index >= 15 is 0 Å². The van der Waals surface area contributed by atoms with Crippen LogP contribution in [0.2, 0.25) is 0 Å². The number of aryl methyl sites for hydroxylation is 1. The zero-order valence-corrected chi connectivity index (χ0v) is 18.1. The Morgan fingerprint density at radius 3 is 2.40 bits per heavy atom. The first-order chi connectivity index (χ1) is 14.2. The standard InChI is InChI=1S/C23H29FN2O4/c1-6-11-26-15(4)12-18(16(26)5)20(27)13-30-23(29)21(14(2)3)25-22(28)17-9-7-8-10-19(17)24/h7-10,12,14,21H,6,11,13H2,1-5H3,(H,25,28)/t21-/m0/s1. The van der Waals surface area contributed by atoms with E-state index in [9.17, 15) is 18.8 Å². The molecule has 1 heterocycles. The summed E-state index contributed by atoms with van der Waals surface area (Å²) in [6.45, 7) is 9.70. The van der Waals surface area contributed by atoms with Gasteiger partial charge in [0.15, 0.2) is 6.61 Å². The maximum absolute atomic E-state index is 13.8. The van der Waals surface area contributed by atoms with E-state index in [2.05, 4.69) is 16.8 Å². The minimum absolute atomic E-state index is 0.157. The molecule has 0 aliphatic carbocycles. The second-order valence-electron chi connectivity index (χ2n) is 7.64. The van der Waals surface area contributed by atoms with Crippen LogP contribution in [0.15, 0.2) is 30.3 Å². The van der Waals surface area contributed by atoms with Gasteiger partial charge in [-0.3, -0.25) is 9.59 Å². The number of halogens is 1. The summed E-state index contributed by atoms with van der Waals surface area (Å²) in [6, 6.07) is 6.31. The summed E-state index contributed by atoms with van der Waals surface area (Å²) in [5.41, 5.74) is 2.17. The van der Waals surface area contributed by atoms with E-state index in [4.69, 9.17) is 4.74 Å². The number of ketones is 1. The first kappa shape index (κ1) is 23.3. The van der Waals surface area contributed by atoms with Gasteiger partial charge in [0, 0.05) is 23.5 Å². The highest BCUT2D eigenvalue weighted by atomic mass is 19.1. The van der Waals surface area contributed by atoms with E-state index in [1.54, 1.807) is 19.9 Å². The molecule has 1 amide bonds. The van der Waals surface area contributed by atoms with Gasteiger partial charge in [0.1, 0.15) is 11.9 Å². The molecule has 1 aromatic carbocycles. The van der Waals surface area contributed by atoms with Crippen molar-refractivity contribution in [1.29, 1.82) is 0 Å². The van der Waals surface area contributed by atoms with Crippen molar-refractivity contribution >= 4 is 17.7 Å². The van der Waals surface area contributed by atoms with Crippen molar-refractivity contribution in [3.05, 3.63) is 58.7 Å². The number of carbonyl (C=O) groups excluding carboxylic acids is 3. The van der Waals surface area contributed by atoms with Crippen LogP contribution in [0.25, 0.3) is 0 Å². The third-order valence-corrected chi connectivity index (χ3v) is 4.99. The smallest absolute Gasteiger partial charge is 0.329 e. The lowest BCUT2D eigenvalue weighted by Gasteiger charge is -2.21. The molecule has 0 saturated heterocycles. The van der Waals surface area contributed by atoms with Crippen molar-refractivity contribution in [2.75, 3.05) is 6.61 Å². The van der Waals surface area contributed by atoms with E-state index in [1.165, 1.54) is 24.3 Å². The molecular formula is C23H29FN2O4. The Balaban J connectivity index is 2.05. The largest absolute Gasteiger partial charge is 0.456 e. The average molecular weight is 416 g/mol. The lowest BCUT2D eigenvalue weighted by atomic mass is 10.0. The molecule has 0 saturated carbocycles. The Morgan fingerprint density at radius 2 is 1.80 bits per heavy atom. The first-order valence-electron chi connectivity index (χ1n) is 10.1. The predicted octanol–water partition coefficient (Wildman–Crippen LogP) is 3.83. The van der Waals surface area contributed by atoms with Crippen LogP contribution in [0, 0.1) is 25.6 Å². The summed E-state index contributed by atoms with van der Waals surface area (Å²) in [7, 11) is 0. The second-order valence-corrected chi connectivity index (χ2v) is 7.64. The summed E-state index contributed by atoms with van der Waals surface area (Å²) in [6.07, 6.45) is 0.941. The summed E-state index contributed by atoms with van der Waals surface area (Å²) in [5.74, 6) is -2.73. The van der Waals surface area contributed by atoms with E-state index in [1.807, 2.05) is 13.8 Å². The van der Waals surface area contributed by atoms with E-state index in [0.717, 1.165) is 24.4 Å². The Hall–Kier alpha value is -2.96. The number of hydrogen-bond acceptors (Lipinski definition) is 4. The van der Waals surface area contributed by atoms with Crippen molar-refractivity contribution in [2.24, 2.45) is 5.92 Å². The van der Waals surface area contributed by atoms with Crippen LogP contribution < -0.4 is 5.32 Å². The van der Waals surface area contributed by atoms with Gasteiger partial charge in [-0.1, -0.05) is 32.9 Å². The van der Waals surface area contributed by atoms with E-state index in [-0.39, 0.29) is 17.3 Å². The molecule has 0 radical (unpaired) electrons. The number of esters is 1. The van der Waals surface area contributed by atoms with Gasteiger partial charge >= 0.3 is 5.97 Å². The number of nitrogens with zero attached hydrogens (tertiary/aromatic N) is 1. The van der Waals surface area contributed by atoms with Crippen LogP contribution in [-0.4, -0.2) is 34.9 Å². The maximum Gasteiger partial charge on any atom is 0.329 e. The van der Waals surface area contributed by atoms with Gasteiger partial charge in [0.05, 0.1) is 5.56 Å². The summed E-state index contributed by atoms with van der Waals surface area (Å²) in [4.78, 5) is 37.5. The highest BCUT2D eigenvalue weighted by molar-refractivity contribution is 6.00. The molecule has 1 N–H and O–H groups in total. The van der Waals surface area contributed by atoms with Crippen LogP contribution in [0.4, 0.5) is 4.39 Å². The number of Topliss-reactive ketones (excluding diaryl/α,β-unsaturated/α-hetero) is 1. The molecule has 162 valence electrons. The molecule has 2 rings (SSSR count). The molecule has 7 heteroatoms. The zero-order valence-electron chi connectivity index (χ0n) is 18.1. The van der Waals surface area contributed by atoms with Gasteiger partial charge < -0.3 is 14.6 Å². The Morgan fingerprint density at radius 1 is 1.13 bits per heavy atom. The molecule has 6 nitrogen and oxygen atoms in total. The predicted molar refractivity (Wildman–Crippen MR) is 112 cm³/mol. The van der Waals surface area contributed by atoms with Crippen molar-refractivity contribution < 1.29 is 23.5 Å². The number of nitrogens with one attached hydrogen (secondary N) is 1. The lowest BCUT2D eigenvalue weighted by molar-refractivity contribution is -0.145. The highest BCUT2D eigenvalue weighted by Crippen LogP contribution is 2.17. The first-order valence-corrected chi connectivity index (χ1v) is 10.1. The molecule has 30 heavy (non-hydrogen) atoms. The quantitative estimate of drug-likeness (QED) is 0.498. The molecule has 0 unspecified atom stereocenters. The number of rotatable bonds is 9. The Bertz CT molecular complexity index is 933. The van der Waals surface area contributed by atoms with Crippen LogP contribution in [0.5, 0.6) is 0 Å². The average Bonchev–Trinajstić information content (AvgIpc) is 2.98. The monoisotopic (exact) mass is 416 g/mol. The molecule has 0 aliphatic heterocycles. The van der Waals surface area contributed by atoms with Gasteiger partial charge in [0.25, 0.3) is 5.91 Å². The normalized spacial score (nSPS) is 12.0. The topological polar surface area (TPSA) is 77.4 Å². The van der Waals surface area contributed by atoms with Crippen molar-refractivity contribution in [1.82, 2.24) is 9.88 Å². The summed E-state index contributed by atoms with van der Waals surface area (Å²) < 4.78 is 21.1. The van der Waals surface area contributed by atoms with E-state index in [0.29, 0.717) is 5.56 Å². The summed E-state index contributed by atoms with van der Waals surface area (Å²) in [5, 5.41) is 2.51. The number of hydrogen-bond donors (Lipinski definition) is 1. The molecule has 1 atom stereocenters. The number of aromatic nitrogens is 1.